The molecule has 1 radical (unpaired) electrons. The van der Waals surface area contributed by atoms with Crippen molar-refractivity contribution in [2.24, 2.45) is 0 Å². The molecule has 3 nitrogen and oxygen atoms in total. The van der Waals surface area contributed by atoms with E-state index in [1.807, 2.05) is 60.7 Å². The zero-order chi connectivity index (χ0) is 14.6. The summed E-state index contributed by atoms with van der Waals surface area (Å²) in [4.78, 5) is 0. The molecule has 0 aliphatic carbocycles. The number of ether oxygens (including phenoxy) is 2. The molecule has 2 aromatic carbocycles. The summed E-state index contributed by atoms with van der Waals surface area (Å²) in [5.74, 6) is 1.85. The summed E-state index contributed by atoms with van der Waals surface area (Å²) in [6.45, 7) is 3.12. The lowest BCUT2D eigenvalue weighted by Gasteiger charge is -2.07. The van der Waals surface area contributed by atoms with Gasteiger partial charge in [-0.1, -0.05) is 36.4 Å². The van der Waals surface area contributed by atoms with Crippen molar-refractivity contribution >= 4 is 0 Å². The van der Waals surface area contributed by atoms with Gasteiger partial charge in [0.15, 0.2) is 0 Å². The molecule has 0 saturated carbocycles. The van der Waals surface area contributed by atoms with Crippen molar-refractivity contribution in [1.29, 1.82) is 0 Å². The highest BCUT2D eigenvalue weighted by Crippen LogP contribution is 2.09. The van der Waals surface area contributed by atoms with E-state index in [4.69, 9.17) is 9.47 Å². The Hall–Kier alpha value is -2.00. The van der Waals surface area contributed by atoms with Gasteiger partial charge in [-0.15, -0.1) is 0 Å². The van der Waals surface area contributed by atoms with Crippen LogP contribution < -0.4 is 14.8 Å². The standard InChI is InChI=1S/C18H22NO2/c1-3-9-17(10-4-1)20-15-7-13-19-14-8-16-21-18-11-5-2-6-12-18/h1-6,9-12H,7-8,13-16H2. The number of nitrogens with zero attached hydrogens (tertiary/aromatic N) is 1. The first kappa shape index (κ1) is 15.4. The van der Waals surface area contributed by atoms with Crippen molar-refractivity contribution < 1.29 is 9.47 Å². The van der Waals surface area contributed by atoms with E-state index in [9.17, 15) is 0 Å². The van der Waals surface area contributed by atoms with Gasteiger partial charge in [-0.3, -0.25) is 0 Å². The minimum atomic E-state index is 0.716. The Bertz CT molecular complexity index is 428. The van der Waals surface area contributed by atoms with Crippen LogP contribution in [0.2, 0.25) is 0 Å². The van der Waals surface area contributed by atoms with Crippen molar-refractivity contribution in [1.82, 2.24) is 5.32 Å². The van der Waals surface area contributed by atoms with Gasteiger partial charge in [0.25, 0.3) is 0 Å². The Kier molecular flexibility index (Phi) is 7.21. The van der Waals surface area contributed by atoms with Crippen LogP contribution in [0, 0.1) is 0 Å². The van der Waals surface area contributed by atoms with Crippen LogP contribution in [0.25, 0.3) is 0 Å². The van der Waals surface area contributed by atoms with Crippen molar-refractivity contribution in [3.8, 4) is 11.5 Å². The fraction of sp³-hybridized carbons (Fsp3) is 0.333. The molecule has 0 aliphatic rings. The molecule has 0 aliphatic heterocycles. The van der Waals surface area contributed by atoms with Crippen LogP contribution in [-0.2, 0) is 0 Å². The summed E-state index contributed by atoms with van der Waals surface area (Å²) < 4.78 is 11.2. The molecule has 2 rings (SSSR count). The lowest BCUT2D eigenvalue weighted by Crippen LogP contribution is -2.14. The minimum absolute atomic E-state index is 0.716. The third kappa shape index (κ3) is 6.82. The largest absolute Gasteiger partial charge is 0.494 e. The van der Waals surface area contributed by atoms with Crippen molar-refractivity contribution in [3.05, 3.63) is 60.7 Å². The molecule has 0 atom stereocenters. The number of para-hydroxylation sites is 2. The van der Waals surface area contributed by atoms with Gasteiger partial charge in [-0.25, -0.2) is 5.32 Å². The molecule has 0 aromatic heterocycles. The highest BCUT2D eigenvalue weighted by molar-refractivity contribution is 5.21. The van der Waals surface area contributed by atoms with E-state index in [0.717, 1.165) is 37.4 Å². The van der Waals surface area contributed by atoms with Gasteiger partial charge in [0.05, 0.1) is 13.2 Å². The molecule has 111 valence electrons. The monoisotopic (exact) mass is 284 g/mol. The van der Waals surface area contributed by atoms with Crippen LogP contribution in [-0.4, -0.2) is 26.3 Å². The van der Waals surface area contributed by atoms with Crippen molar-refractivity contribution in [2.45, 2.75) is 12.8 Å². The summed E-state index contributed by atoms with van der Waals surface area (Å²) in [6.07, 6.45) is 1.91. The number of hydrogen-bond donors (Lipinski definition) is 0. The zero-order valence-electron chi connectivity index (χ0n) is 12.3. The fourth-order valence-corrected chi connectivity index (χ4v) is 1.88. The van der Waals surface area contributed by atoms with Crippen LogP contribution in [0.3, 0.4) is 0 Å². The van der Waals surface area contributed by atoms with Crippen LogP contribution in [0.5, 0.6) is 11.5 Å². The topological polar surface area (TPSA) is 32.6 Å². The van der Waals surface area contributed by atoms with Gasteiger partial charge in [-0.05, 0) is 37.1 Å². The van der Waals surface area contributed by atoms with E-state index in [2.05, 4.69) is 5.32 Å². The fourth-order valence-electron chi connectivity index (χ4n) is 1.88. The van der Waals surface area contributed by atoms with Crippen molar-refractivity contribution in [2.75, 3.05) is 26.3 Å². The third-order valence-corrected chi connectivity index (χ3v) is 2.94. The Morgan fingerprint density at radius 3 is 1.48 bits per heavy atom. The van der Waals surface area contributed by atoms with Gasteiger partial charge < -0.3 is 9.47 Å². The highest BCUT2D eigenvalue weighted by atomic mass is 16.5. The van der Waals surface area contributed by atoms with Gasteiger partial charge in [-0.2, -0.15) is 0 Å². The molecule has 3 heteroatoms. The second kappa shape index (κ2) is 9.83. The number of rotatable bonds is 10. The molecule has 0 fully saturated rings. The smallest absolute Gasteiger partial charge is 0.119 e. The van der Waals surface area contributed by atoms with E-state index in [1.54, 1.807) is 0 Å². The molecule has 0 spiro atoms. The molecule has 2 aromatic rings. The van der Waals surface area contributed by atoms with E-state index < -0.39 is 0 Å². The van der Waals surface area contributed by atoms with Crippen LogP contribution >= 0.6 is 0 Å². The number of benzene rings is 2. The molecule has 0 N–H and O–H groups in total. The van der Waals surface area contributed by atoms with E-state index in [0.29, 0.717) is 13.2 Å². The quantitative estimate of drug-likeness (QED) is 0.625. The van der Waals surface area contributed by atoms with Gasteiger partial charge in [0, 0.05) is 13.1 Å². The predicted molar refractivity (Wildman–Crippen MR) is 85.0 cm³/mol. The maximum Gasteiger partial charge on any atom is 0.119 e. The molecule has 0 heterocycles. The molecular weight excluding hydrogens is 262 g/mol. The maximum atomic E-state index is 5.61. The molecule has 0 amide bonds. The normalized spacial score (nSPS) is 10.3. The second-order valence-corrected chi connectivity index (χ2v) is 4.70. The van der Waals surface area contributed by atoms with E-state index in [-0.39, 0.29) is 0 Å². The average molecular weight is 284 g/mol. The SMILES string of the molecule is c1ccc(OCCC[N]CCCOc2ccccc2)cc1. The third-order valence-electron chi connectivity index (χ3n) is 2.94. The average Bonchev–Trinajstić information content (AvgIpc) is 2.55. The first-order chi connectivity index (χ1) is 10.4. The lowest BCUT2D eigenvalue weighted by molar-refractivity contribution is 0.297. The highest BCUT2D eigenvalue weighted by Gasteiger charge is 1.95. The van der Waals surface area contributed by atoms with E-state index in [1.165, 1.54) is 0 Å². The minimum Gasteiger partial charge on any atom is -0.494 e. The Labute approximate surface area is 126 Å². The second-order valence-electron chi connectivity index (χ2n) is 4.70. The lowest BCUT2D eigenvalue weighted by atomic mass is 10.3. The molecule has 0 unspecified atom stereocenters. The Balaban J connectivity index is 1.40. The summed E-state index contributed by atoms with van der Waals surface area (Å²) >= 11 is 0. The van der Waals surface area contributed by atoms with Gasteiger partial charge >= 0.3 is 0 Å². The molecule has 0 saturated heterocycles. The molecular formula is C18H22NO2. The summed E-state index contributed by atoms with van der Waals surface area (Å²) in [5.41, 5.74) is 0. The van der Waals surface area contributed by atoms with Crippen LogP contribution in [0.4, 0.5) is 0 Å². The maximum absolute atomic E-state index is 5.61. The van der Waals surface area contributed by atoms with Gasteiger partial charge in [0.2, 0.25) is 0 Å². The molecule has 21 heavy (non-hydrogen) atoms. The van der Waals surface area contributed by atoms with Crippen molar-refractivity contribution in [3.63, 3.8) is 0 Å². The zero-order valence-corrected chi connectivity index (χ0v) is 12.3. The first-order valence-electron chi connectivity index (χ1n) is 7.44. The van der Waals surface area contributed by atoms with Crippen LogP contribution in [0.1, 0.15) is 12.8 Å². The predicted octanol–water partition coefficient (Wildman–Crippen LogP) is 3.53. The first-order valence-corrected chi connectivity index (χ1v) is 7.44. The summed E-state index contributed by atoms with van der Waals surface area (Å²) in [5, 5.41) is 4.47. The Morgan fingerprint density at radius 1 is 0.619 bits per heavy atom. The van der Waals surface area contributed by atoms with Crippen LogP contribution in [0.15, 0.2) is 60.7 Å². The van der Waals surface area contributed by atoms with Gasteiger partial charge in [0.1, 0.15) is 11.5 Å². The Morgan fingerprint density at radius 2 is 1.05 bits per heavy atom. The van der Waals surface area contributed by atoms with E-state index >= 15 is 0 Å². The number of hydrogen-bond acceptors (Lipinski definition) is 2. The summed E-state index contributed by atoms with van der Waals surface area (Å²) in [7, 11) is 0. The summed E-state index contributed by atoms with van der Waals surface area (Å²) in [6, 6.07) is 19.8. The molecule has 0 bridgehead atoms.